The quantitative estimate of drug-likeness (QED) is 0.262. The lowest BCUT2D eigenvalue weighted by atomic mass is 10.1. The standard InChI is InChI=1S/C9H17N3O6/c1-12(2-5(14)15)9(10)11-8-7(17)6(16)4(3-13)18-8/h4,6-8,13,16-17H,2-3H2,1H3,(H2,10,11)(H,14,15)/t4-,6-,7-,8-/m1/s1. The third kappa shape index (κ3) is 3.29. The molecular weight excluding hydrogens is 246 g/mol. The number of ether oxygens (including phenoxy) is 1. The minimum Gasteiger partial charge on any atom is -0.480 e. The van der Waals surface area contributed by atoms with Gasteiger partial charge in [0, 0.05) is 7.05 Å². The molecule has 6 N–H and O–H groups in total. The van der Waals surface area contributed by atoms with Crippen LogP contribution >= 0.6 is 0 Å². The van der Waals surface area contributed by atoms with E-state index in [1.807, 2.05) is 0 Å². The summed E-state index contributed by atoms with van der Waals surface area (Å²) in [7, 11) is 1.41. The minimum atomic E-state index is -1.32. The van der Waals surface area contributed by atoms with Gasteiger partial charge in [0.1, 0.15) is 24.9 Å². The number of hydrogen-bond acceptors (Lipinski definition) is 6. The summed E-state index contributed by atoms with van der Waals surface area (Å²) in [4.78, 5) is 15.4. The zero-order valence-corrected chi connectivity index (χ0v) is 9.80. The Bertz CT molecular complexity index is 336. The van der Waals surface area contributed by atoms with Crippen molar-refractivity contribution in [2.24, 2.45) is 10.7 Å². The van der Waals surface area contributed by atoms with Crippen LogP contribution in [-0.4, -0.2) is 82.0 Å². The van der Waals surface area contributed by atoms with E-state index in [0.717, 1.165) is 4.90 Å². The molecule has 0 unspecified atom stereocenters. The van der Waals surface area contributed by atoms with E-state index in [9.17, 15) is 15.0 Å². The number of aliphatic hydroxyl groups is 3. The lowest BCUT2D eigenvalue weighted by Crippen LogP contribution is -2.40. The fourth-order valence-electron chi connectivity index (χ4n) is 1.50. The summed E-state index contributed by atoms with van der Waals surface area (Å²) in [6, 6.07) is 0. The van der Waals surface area contributed by atoms with Crippen LogP contribution in [0.3, 0.4) is 0 Å². The van der Waals surface area contributed by atoms with Gasteiger partial charge in [0.2, 0.25) is 0 Å². The zero-order valence-electron chi connectivity index (χ0n) is 9.80. The lowest BCUT2D eigenvalue weighted by Gasteiger charge is -2.18. The maximum atomic E-state index is 10.5. The first-order valence-corrected chi connectivity index (χ1v) is 5.25. The molecule has 0 bridgehead atoms. The second-order valence-electron chi connectivity index (χ2n) is 3.97. The molecule has 1 aliphatic heterocycles. The third-order valence-corrected chi connectivity index (χ3v) is 2.54. The summed E-state index contributed by atoms with van der Waals surface area (Å²) in [6.07, 6.45) is -4.65. The number of rotatable bonds is 4. The highest BCUT2D eigenvalue weighted by Gasteiger charge is 2.42. The highest BCUT2D eigenvalue weighted by Crippen LogP contribution is 2.21. The molecule has 1 heterocycles. The van der Waals surface area contributed by atoms with Gasteiger partial charge in [-0.2, -0.15) is 0 Å². The second-order valence-corrected chi connectivity index (χ2v) is 3.97. The summed E-state index contributed by atoms with van der Waals surface area (Å²) >= 11 is 0. The van der Waals surface area contributed by atoms with Gasteiger partial charge in [0.05, 0.1) is 6.61 Å². The van der Waals surface area contributed by atoms with Gasteiger partial charge < -0.3 is 35.8 Å². The lowest BCUT2D eigenvalue weighted by molar-refractivity contribution is -0.137. The van der Waals surface area contributed by atoms with Crippen molar-refractivity contribution in [1.29, 1.82) is 0 Å². The van der Waals surface area contributed by atoms with Crippen LogP contribution in [-0.2, 0) is 9.53 Å². The summed E-state index contributed by atoms with van der Waals surface area (Å²) < 4.78 is 5.07. The molecule has 1 aliphatic rings. The van der Waals surface area contributed by atoms with E-state index in [2.05, 4.69) is 4.99 Å². The van der Waals surface area contributed by atoms with Crippen LogP contribution in [0.25, 0.3) is 0 Å². The van der Waals surface area contributed by atoms with Crippen LogP contribution in [0.15, 0.2) is 4.99 Å². The van der Waals surface area contributed by atoms with Crippen LogP contribution in [0.4, 0.5) is 0 Å². The molecule has 9 nitrogen and oxygen atoms in total. The molecule has 1 saturated heterocycles. The Morgan fingerprint density at radius 1 is 1.44 bits per heavy atom. The van der Waals surface area contributed by atoms with E-state index >= 15 is 0 Å². The van der Waals surface area contributed by atoms with Crippen molar-refractivity contribution in [3.05, 3.63) is 0 Å². The van der Waals surface area contributed by atoms with Gasteiger partial charge >= 0.3 is 5.97 Å². The third-order valence-electron chi connectivity index (χ3n) is 2.54. The van der Waals surface area contributed by atoms with Gasteiger partial charge in [-0.3, -0.25) is 4.79 Å². The summed E-state index contributed by atoms with van der Waals surface area (Å²) in [5.41, 5.74) is 5.52. The number of aliphatic imine (C=N–C) groups is 1. The van der Waals surface area contributed by atoms with Crippen LogP contribution in [0.2, 0.25) is 0 Å². The Hall–Kier alpha value is -1.42. The Kier molecular flexibility index (Phi) is 4.84. The number of aliphatic carboxylic acids is 1. The van der Waals surface area contributed by atoms with Crippen molar-refractivity contribution in [3.8, 4) is 0 Å². The largest absolute Gasteiger partial charge is 0.480 e. The predicted octanol–water partition coefficient (Wildman–Crippen LogP) is -3.24. The normalized spacial score (nSPS) is 32.6. The first kappa shape index (κ1) is 14.6. The Morgan fingerprint density at radius 3 is 2.50 bits per heavy atom. The number of hydrogen-bond donors (Lipinski definition) is 5. The van der Waals surface area contributed by atoms with Crippen molar-refractivity contribution in [2.45, 2.75) is 24.5 Å². The van der Waals surface area contributed by atoms with Crippen molar-refractivity contribution >= 4 is 11.9 Å². The molecule has 9 heteroatoms. The molecule has 18 heavy (non-hydrogen) atoms. The summed E-state index contributed by atoms with van der Waals surface area (Å²) in [6.45, 7) is -0.820. The van der Waals surface area contributed by atoms with Gasteiger partial charge in [-0.15, -0.1) is 0 Å². The van der Waals surface area contributed by atoms with Crippen molar-refractivity contribution in [2.75, 3.05) is 20.2 Å². The van der Waals surface area contributed by atoms with E-state index in [1.54, 1.807) is 0 Å². The second kappa shape index (κ2) is 5.96. The topological polar surface area (TPSA) is 149 Å². The Morgan fingerprint density at radius 2 is 2.06 bits per heavy atom. The van der Waals surface area contributed by atoms with Crippen LogP contribution in [0.5, 0.6) is 0 Å². The number of likely N-dealkylation sites (N-methyl/N-ethyl adjacent to an activating group) is 1. The van der Waals surface area contributed by atoms with Crippen molar-refractivity contribution in [1.82, 2.24) is 4.90 Å². The van der Waals surface area contributed by atoms with E-state index in [-0.39, 0.29) is 12.5 Å². The molecule has 0 spiro atoms. The summed E-state index contributed by atoms with van der Waals surface area (Å²) in [5, 5.41) is 36.5. The molecule has 0 radical (unpaired) electrons. The number of aliphatic hydroxyl groups excluding tert-OH is 3. The highest BCUT2D eigenvalue weighted by atomic mass is 16.6. The molecule has 104 valence electrons. The van der Waals surface area contributed by atoms with Gasteiger partial charge in [0.25, 0.3) is 0 Å². The van der Waals surface area contributed by atoms with E-state index in [4.69, 9.17) is 20.7 Å². The maximum absolute atomic E-state index is 10.5. The van der Waals surface area contributed by atoms with Gasteiger partial charge in [-0.1, -0.05) is 0 Å². The van der Waals surface area contributed by atoms with Gasteiger partial charge in [-0.25, -0.2) is 4.99 Å². The van der Waals surface area contributed by atoms with Crippen molar-refractivity contribution < 1.29 is 30.0 Å². The molecule has 4 atom stereocenters. The molecule has 1 fully saturated rings. The minimum absolute atomic E-state index is 0.146. The number of nitrogens with zero attached hydrogens (tertiary/aromatic N) is 2. The molecule has 0 aliphatic carbocycles. The zero-order chi connectivity index (χ0) is 13.9. The van der Waals surface area contributed by atoms with Crippen LogP contribution in [0.1, 0.15) is 0 Å². The van der Waals surface area contributed by atoms with Gasteiger partial charge in [0.15, 0.2) is 12.2 Å². The van der Waals surface area contributed by atoms with E-state index in [1.165, 1.54) is 7.05 Å². The molecule has 0 aromatic carbocycles. The first-order valence-electron chi connectivity index (χ1n) is 5.25. The van der Waals surface area contributed by atoms with Crippen LogP contribution in [0, 0.1) is 0 Å². The Balaban J connectivity index is 2.68. The molecular formula is C9H17N3O6. The molecule has 0 aromatic heterocycles. The molecule has 1 rings (SSSR count). The Labute approximate surface area is 103 Å². The SMILES string of the molecule is CN(CC(=O)O)C(N)=N[C@@H]1O[C@H](CO)[C@@H](O)[C@H]1O. The predicted molar refractivity (Wildman–Crippen MR) is 59.6 cm³/mol. The molecule has 0 amide bonds. The maximum Gasteiger partial charge on any atom is 0.323 e. The van der Waals surface area contributed by atoms with Crippen molar-refractivity contribution in [3.63, 3.8) is 0 Å². The monoisotopic (exact) mass is 263 g/mol. The van der Waals surface area contributed by atoms with Gasteiger partial charge in [-0.05, 0) is 0 Å². The number of carboxylic acids is 1. The van der Waals surface area contributed by atoms with E-state index < -0.39 is 37.1 Å². The molecule has 0 saturated carbocycles. The number of carboxylic acid groups (broad SMARTS) is 1. The average Bonchev–Trinajstić information content (AvgIpc) is 2.56. The smallest absolute Gasteiger partial charge is 0.323 e. The average molecular weight is 263 g/mol. The number of nitrogens with two attached hydrogens (primary N) is 1. The summed E-state index contributed by atoms with van der Waals surface area (Å²) in [5.74, 6) is -1.23. The fraction of sp³-hybridized carbons (Fsp3) is 0.778. The number of guanidine groups is 1. The fourth-order valence-corrected chi connectivity index (χ4v) is 1.50. The number of carbonyl (C=O) groups is 1. The first-order chi connectivity index (χ1) is 8.36. The highest BCUT2D eigenvalue weighted by molar-refractivity contribution is 5.82. The van der Waals surface area contributed by atoms with E-state index in [0.29, 0.717) is 0 Å². The molecule has 0 aromatic rings. The van der Waals surface area contributed by atoms with Crippen LogP contribution < -0.4 is 5.73 Å².